The van der Waals surface area contributed by atoms with Gasteiger partial charge >= 0.3 is 0 Å². The number of nitrogens with zero attached hydrogens (tertiary/aromatic N) is 2. The highest BCUT2D eigenvalue weighted by atomic mass is 16.5. The Bertz CT molecular complexity index is 771. The van der Waals surface area contributed by atoms with Gasteiger partial charge in [0.2, 0.25) is 0 Å². The average molecular weight is 379 g/mol. The Morgan fingerprint density at radius 2 is 1.79 bits per heavy atom. The first-order valence-electron chi connectivity index (χ1n) is 10.6. The van der Waals surface area contributed by atoms with Crippen molar-refractivity contribution in [1.29, 1.82) is 0 Å². The number of benzene rings is 2. The number of hydrogen-bond donors (Lipinski definition) is 0. The van der Waals surface area contributed by atoms with Gasteiger partial charge in [-0.15, -0.1) is 0 Å². The maximum absolute atomic E-state index is 13.3. The van der Waals surface area contributed by atoms with Gasteiger partial charge in [0.15, 0.2) is 0 Å². The van der Waals surface area contributed by atoms with Crippen LogP contribution >= 0.6 is 0 Å². The van der Waals surface area contributed by atoms with E-state index in [0.717, 1.165) is 56.4 Å². The van der Waals surface area contributed by atoms with Crippen LogP contribution in [0, 0.1) is 0 Å². The highest BCUT2D eigenvalue weighted by molar-refractivity contribution is 5.94. The van der Waals surface area contributed by atoms with E-state index in [-0.39, 0.29) is 11.9 Å². The van der Waals surface area contributed by atoms with E-state index in [4.69, 9.17) is 4.74 Å². The Morgan fingerprint density at radius 1 is 1.04 bits per heavy atom. The molecule has 148 valence electrons. The fourth-order valence-electron chi connectivity index (χ4n) is 3.97. The summed E-state index contributed by atoms with van der Waals surface area (Å²) >= 11 is 0. The summed E-state index contributed by atoms with van der Waals surface area (Å²) in [5, 5.41) is 0. The smallest absolute Gasteiger partial charge is 0.254 e. The lowest BCUT2D eigenvalue weighted by molar-refractivity contribution is 0.0433. The quantitative estimate of drug-likeness (QED) is 0.664. The molecule has 0 N–H and O–H groups in total. The first kappa shape index (κ1) is 19.0. The third-order valence-corrected chi connectivity index (χ3v) is 5.79. The Morgan fingerprint density at radius 3 is 2.46 bits per heavy atom. The molecule has 4 nitrogen and oxygen atoms in total. The molecular formula is C24H30N2O2. The molecule has 2 aliphatic rings. The molecule has 1 aliphatic heterocycles. The summed E-state index contributed by atoms with van der Waals surface area (Å²) in [6.07, 6.45) is 4.76. The summed E-state index contributed by atoms with van der Waals surface area (Å²) in [6, 6.07) is 18.9. The topological polar surface area (TPSA) is 32.8 Å². The second-order valence-corrected chi connectivity index (χ2v) is 7.88. The van der Waals surface area contributed by atoms with E-state index in [2.05, 4.69) is 41.0 Å². The summed E-state index contributed by atoms with van der Waals surface area (Å²) in [5.41, 5.74) is 1.96. The van der Waals surface area contributed by atoms with Gasteiger partial charge in [-0.05, 0) is 49.1 Å². The van der Waals surface area contributed by atoms with Gasteiger partial charge in [0.25, 0.3) is 5.91 Å². The lowest BCUT2D eigenvalue weighted by atomic mass is 10.0. The largest absolute Gasteiger partial charge is 0.494 e. The monoisotopic (exact) mass is 378 g/mol. The maximum atomic E-state index is 13.3. The van der Waals surface area contributed by atoms with Gasteiger partial charge in [-0.25, -0.2) is 0 Å². The van der Waals surface area contributed by atoms with E-state index in [1.807, 2.05) is 30.3 Å². The fourth-order valence-corrected chi connectivity index (χ4v) is 3.97. The molecule has 2 aromatic carbocycles. The van der Waals surface area contributed by atoms with E-state index >= 15 is 0 Å². The minimum Gasteiger partial charge on any atom is -0.494 e. The number of hydrogen-bond acceptors (Lipinski definition) is 3. The molecule has 4 rings (SSSR count). The molecule has 0 spiro atoms. The van der Waals surface area contributed by atoms with Crippen LogP contribution in [0.5, 0.6) is 5.75 Å². The van der Waals surface area contributed by atoms with E-state index in [9.17, 15) is 4.79 Å². The number of ether oxygens (including phenoxy) is 1. The number of carbonyl (C=O) groups excluding carboxylic acids is 1. The summed E-state index contributed by atoms with van der Waals surface area (Å²) in [5.74, 6) is 0.951. The molecule has 1 aliphatic carbocycles. The van der Waals surface area contributed by atoms with E-state index in [1.165, 1.54) is 18.4 Å². The van der Waals surface area contributed by atoms with E-state index < -0.39 is 0 Å². The Hall–Kier alpha value is -2.33. The van der Waals surface area contributed by atoms with Crippen LogP contribution in [0.25, 0.3) is 0 Å². The summed E-state index contributed by atoms with van der Waals surface area (Å²) in [7, 11) is 0. The lowest BCUT2D eigenvalue weighted by Gasteiger charge is -2.42. The van der Waals surface area contributed by atoms with Crippen molar-refractivity contribution in [3.63, 3.8) is 0 Å². The normalized spacial score (nSPS) is 20.2. The molecule has 2 fully saturated rings. The molecule has 2 aromatic rings. The Labute approximate surface area is 168 Å². The molecule has 1 saturated carbocycles. The molecule has 4 heteroatoms. The first-order chi connectivity index (χ1) is 13.8. The van der Waals surface area contributed by atoms with Crippen molar-refractivity contribution >= 4 is 5.91 Å². The van der Waals surface area contributed by atoms with Gasteiger partial charge in [0, 0.05) is 31.2 Å². The minimum atomic E-state index is 0.114. The van der Waals surface area contributed by atoms with Crippen molar-refractivity contribution in [2.75, 3.05) is 26.2 Å². The van der Waals surface area contributed by atoms with Crippen molar-refractivity contribution in [2.24, 2.45) is 0 Å². The fraction of sp³-hybridized carbons (Fsp3) is 0.458. The molecule has 1 amide bonds. The van der Waals surface area contributed by atoms with Crippen LogP contribution in [0.2, 0.25) is 0 Å². The first-order valence-corrected chi connectivity index (χ1v) is 10.6. The molecule has 0 radical (unpaired) electrons. The predicted molar refractivity (Wildman–Crippen MR) is 112 cm³/mol. The summed E-state index contributed by atoms with van der Waals surface area (Å²) in [4.78, 5) is 17.9. The zero-order chi connectivity index (χ0) is 19.3. The van der Waals surface area contributed by atoms with Gasteiger partial charge in [0.1, 0.15) is 5.75 Å². The summed E-state index contributed by atoms with van der Waals surface area (Å²) < 4.78 is 5.73. The maximum Gasteiger partial charge on any atom is 0.254 e. The molecule has 1 unspecified atom stereocenters. The molecular weight excluding hydrogens is 348 g/mol. The average Bonchev–Trinajstić information content (AvgIpc) is 3.60. The molecule has 1 atom stereocenters. The van der Waals surface area contributed by atoms with Crippen LogP contribution in [0.3, 0.4) is 0 Å². The van der Waals surface area contributed by atoms with E-state index in [1.54, 1.807) is 0 Å². The van der Waals surface area contributed by atoms with Gasteiger partial charge in [-0.1, -0.05) is 43.7 Å². The van der Waals surface area contributed by atoms with Crippen LogP contribution in [-0.2, 0) is 0 Å². The van der Waals surface area contributed by atoms with Gasteiger partial charge in [-0.3, -0.25) is 9.69 Å². The Balaban J connectivity index is 1.49. The Kier molecular flexibility index (Phi) is 5.96. The third-order valence-electron chi connectivity index (χ3n) is 5.79. The number of amides is 1. The van der Waals surface area contributed by atoms with Crippen molar-refractivity contribution in [1.82, 2.24) is 9.80 Å². The second kappa shape index (κ2) is 8.78. The molecule has 28 heavy (non-hydrogen) atoms. The van der Waals surface area contributed by atoms with Crippen LogP contribution < -0.4 is 4.74 Å². The predicted octanol–water partition coefficient (Wildman–Crippen LogP) is 4.53. The van der Waals surface area contributed by atoms with Gasteiger partial charge in [-0.2, -0.15) is 0 Å². The SMILES string of the molecule is CCCCOc1ccc(C(=O)N2CCN(C3CC3)CC2c2ccccc2)cc1. The number of rotatable bonds is 7. The third kappa shape index (κ3) is 4.39. The van der Waals surface area contributed by atoms with Crippen LogP contribution in [-0.4, -0.2) is 48.0 Å². The van der Waals surface area contributed by atoms with E-state index in [0.29, 0.717) is 0 Å². The van der Waals surface area contributed by atoms with Crippen molar-refractivity contribution in [3.05, 3.63) is 65.7 Å². The van der Waals surface area contributed by atoms with Crippen LogP contribution in [0.1, 0.15) is 54.6 Å². The molecule has 0 bridgehead atoms. The van der Waals surface area contributed by atoms with Crippen molar-refractivity contribution in [2.45, 2.75) is 44.7 Å². The second-order valence-electron chi connectivity index (χ2n) is 7.88. The zero-order valence-electron chi connectivity index (χ0n) is 16.7. The van der Waals surface area contributed by atoms with Gasteiger partial charge < -0.3 is 9.64 Å². The van der Waals surface area contributed by atoms with Crippen LogP contribution in [0.15, 0.2) is 54.6 Å². The van der Waals surface area contributed by atoms with Gasteiger partial charge in [0.05, 0.1) is 12.6 Å². The number of unbranched alkanes of at least 4 members (excludes halogenated alkanes) is 1. The van der Waals surface area contributed by atoms with Crippen molar-refractivity contribution < 1.29 is 9.53 Å². The lowest BCUT2D eigenvalue weighted by Crippen LogP contribution is -2.51. The highest BCUT2D eigenvalue weighted by Crippen LogP contribution is 2.34. The molecule has 1 saturated heterocycles. The molecule has 1 heterocycles. The zero-order valence-corrected chi connectivity index (χ0v) is 16.7. The number of carbonyl (C=O) groups is 1. The van der Waals surface area contributed by atoms with Crippen LogP contribution in [0.4, 0.5) is 0 Å². The van der Waals surface area contributed by atoms with Crippen molar-refractivity contribution in [3.8, 4) is 5.75 Å². The molecule has 0 aromatic heterocycles. The highest BCUT2D eigenvalue weighted by Gasteiger charge is 2.37. The minimum absolute atomic E-state index is 0.114. The summed E-state index contributed by atoms with van der Waals surface area (Å²) in [6.45, 7) is 5.56. The number of piperazine rings is 1. The standard InChI is InChI=1S/C24H30N2O2/c1-2-3-17-28-22-13-9-20(10-14-22)24(27)26-16-15-25(21-11-12-21)18-23(26)19-7-5-4-6-8-19/h4-10,13-14,21,23H,2-3,11-12,15-18H2,1H3.